The summed E-state index contributed by atoms with van der Waals surface area (Å²) in [5, 5.41) is 0. The largest absolute Gasteiger partial charge is 0.492 e. The first-order valence-corrected chi connectivity index (χ1v) is 6.89. The number of likely N-dealkylation sites (tertiary alicyclic amines) is 1. The zero-order valence-electron chi connectivity index (χ0n) is 10.1. The molecular formula is C13H19ClINO. The van der Waals surface area contributed by atoms with Gasteiger partial charge in [-0.2, -0.15) is 0 Å². The average molecular weight is 368 g/mol. The van der Waals surface area contributed by atoms with Crippen LogP contribution in [0.25, 0.3) is 0 Å². The molecule has 1 fully saturated rings. The SMILES string of the molecule is CN1CCC[C@H](COc2ccccc2I)C1.Cl. The molecule has 1 saturated heterocycles. The number of nitrogens with zero attached hydrogens (tertiary/aromatic N) is 1. The second-order valence-electron chi connectivity index (χ2n) is 4.51. The Morgan fingerprint density at radius 3 is 2.88 bits per heavy atom. The van der Waals surface area contributed by atoms with E-state index in [1.54, 1.807) is 0 Å². The average Bonchev–Trinajstić information content (AvgIpc) is 2.28. The molecule has 0 spiro atoms. The summed E-state index contributed by atoms with van der Waals surface area (Å²) in [7, 11) is 2.19. The molecule has 0 radical (unpaired) electrons. The lowest BCUT2D eigenvalue weighted by atomic mass is 10.00. The fraction of sp³-hybridized carbons (Fsp3) is 0.538. The summed E-state index contributed by atoms with van der Waals surface area (Å²) in [4.78, 5) is 2.40. The molecule has 1 heterocycles. The van der Waals surface area contributed by atoms with E-state index < -0.39 is 0 Å². The van der Waals surface area contributed by atoms with E-state index in [-0.39, 0.29) is 12.4 Å². The molecule has 0 N–H and O–H groups in total. The number of piperidine rings is 1. The van der Waals surface area contributed by atoms with Gasteiger partial charge >= 0.3 is 0 Å². The smallest absolute Gasteiger partial charge is 0.132 e. The highest BCUT2D eigenvalue weighted by molar-refractivity contribution is 14.1. The van der Waals surface area contributed by atoms with Crippen molar-refractivity contribution in [1.82, 2.24) is 4.90 Å². The van der Waals surface area contributed by atoms with Crippen LogP contribution in [0.2, 0.25) is 0 Å². The van der Waals surface area contributed by atoms with Crippen LogP contribution in [0.15, 0.2) is 24.3 Å². The van der Waals surface area contributed by atoms with Crippen molar-refractivity contribution in [1.29, 1.82) is 0 Å². The lowest BCUT2D eigenvalue weighted by Crippen LogP contribution is -2.34. The van der Waals surface area contributed by atoms with Gasteiger partial charge in [-0.05, 0) is 61.2 Å². The minimum atomic E-state index is 0. The van der Waals surface area contributed by atoms with Crippen LogP contribution >= 0.6 is 35.0 Å². The lowest BCUT2D eigenvalue weighted by molar-refractivity contribution is 0.150. The van der Waals surface area contributed by atoms with Gasteiger partial charge in [-0.15, -0.1) is 12.4 Å². The number of rotatable bonds is 3. The van der Waals surface area contributed by atoms with Gasteiger partial charge in [-0.1, -0.05) is 12.1 Å². The number of ether oxygens (including phenoxy) is 1. The zero-order valence-corrected chi connectivity index (χ0v) is 13.0. The van der Waals surface area contributed by atoms with Gasteiger partial charge in [0.05, 0.1) is 10.2 Å². The van der Waals surface area contributed by atoms with E-state index in [1.165, 1.54) is 29.5 Å². The first-order valence-electron chi connectivity index (χ1n) is 5.81. The Kier molecular flexibility index (Phi) is 6.59. The van der Waals surface area contributed by atoms with Gasteiger partial charge in [0, 0.05) is 12.5 Å². The predicted molar refractivity (Wildman–Crippen MR) is 82.1 cm³/mol. The Bertz CT molecular complexity index is 348. The van der Waals surface area contributed by atoms with E-state index >= 15 is 0 Å². The van der Waals surface area contributed by atoms with Crippen molar-refractivity contribution in [2.75, 3.05) is 26.7 Å². The van der Waals surface area contributed by atoms with E-state index in [0.717, 1.165) is 12.4 Å². The molecule has 0 unspecified atom stereocenters. The summed E-state index contributed by atoms with van der Waals surface area (Å²) >= 11 is 2.32. The highest BCUT2D eigenvalue weighted by Crippen LogP contribution is 2.22. The lowest BCUT2D eigenvalue weighted by Gasteiger charge is -2.29. The van der Waals surface area contributed by atoms with Gasteiger partial charge in [0.2, 0.25) is 0 Å². The Hall–Kier alpha value is -0.0000000000000000555. The summed E-state index contributed by atoms with van der Waals surface area (Å²) in [5.41, 5.74) is 0. The fourth-order valence-electron chi connectivity index (χ4n) is 2.18. The first kappa shape index (κ1) is 15.1. The molecule has 1 atom stereocenters. The summed E-state index contributed by atoms with van der Waals surface area (Å²) in [5.74, 6) is 1.71. The molecule has 0 saturated carbocycles. The quantitative estimate of drug-likeness (QED) is 0.759. The van der Waals surface area contributed by atoms with Crippen LogP contribution in [0.4, 0.5) is 0 Å². The van der Waals surface area contributed by atoms with Crippen LogP contribution in [0.1, 0.15) is 12.8 Å². The number of para-hydroxylation sites is 1. The van der Waals surface area contributed by atoms with Gasteiger partial charge in [0.15, 0.2) is 0 Å². The summed E-state index contributed by atoms with van der Waals surface area (Å²) < 4.78 is 7.09. The van der Waals surface area contributed by atoms with Crippen LogP contribution in [0.5, 0.6) is 5.75 Å². The standard InChI is InChI=1S/C13H18INO.ClH/c1-15-8-4-5-11(9-15)10-16-13-7-3-2-6-12(13)14;/h2-3,6-7,11H,4-5,8-10H2,1H3;1H/t11-;/m0./s1. The van der Waals surface area contributed by atoms with Crippen LogP contribution in [0, 0.1) is 9.49 Å². The van der Waals surface area contributed by atoms with Crippen LogP contribution in [-0.4, -0.2) is 31.6 Å². The van der Waals surface area contributed by atoms with Crippen molar-refractivity contribution < 1.29 is 4.74 Å². The van der Waals surface area contributed by atoms with Crippen LogP contribution in [0.3, 0.4) is 0 Å². The summed E-state index contributed by atoms with van der Waals surface area (Å²) in [6.07, 6.45) is 2.60. The third-order valence-corrected chi connectivity index (χ3v) is 3.92. The van der Waals surface area contributed by atoms with E-state index in [1.807, 2.05) is 18.2 Å². The molecule has 17 heavy (non-hydrogen) atoms. The normalized spacial score (nSPS) is 20.7. The number of hydrogen-bond donors (Lipinski definition) is 0. The molecule has 0 bridgehead atoms. The summed E-state index contributed by atoms with van der Waals surface area (Å²) in [6.45, 7) is 3.26. The van der Waals surface area contributed by atoms with Crippen molar-refractivity contribution in [2.24, 2.45) is 5.92 Å². The molecule has 1 aromatic rings. The van der Waals surface area contributed by atoms with E-state index in [0.29, 0.717) is 5.92 Å². The van der Waals surface area contributed by atoms with Gasteiger partial charge in [0.1, 0.15) is 5.75 Å². The highest BCUT2D eigenvalue weighted by atomic mass is 127. The molecular weight excluding hydrogens is 349 g/mol. The second-order valence-corrected chi connectivity index (χ2v) is 5.67. The van der Waals surface area contributed by atoms with Crippen LogP contribution < -0.4 is 4.74 Å². The van der Waals surface area contributed by atoms with Crippen molar-refractivity contribution in [3.05, 3.63) is 27.8 Å². The molecule has 0 amide bonds. The minimum absolute atomic E-state index is 0. The molecule has 96 valence electrons. The van der Waals surface area contributed by atoms with E-state index in [4.69, 9.17) is 4.74 Å². The second kappa shape index (κ2) is 7.44. The molecule has 4 heteroatoms. The minimum Gasteiger partial charge on any atom is -0.492 e. The van der Waals surface area contributed by atoms with Crippen LogP contribution in [-0.2, 0) is 0 Å². The van der Waals surface area contributed by atoms with Crippen molar-refractivity contribution in [3.8, 4) is 5.75 Å². The van der Waals surface area contributed by atoms with Gasteiger partial charge in [-0.25, -0.2) is 0 Å². The first-order chi connectivity index (χ1) is 7.75. The predicted octanol–water partition coefficient (Wildman–Crippen LogP) is 3.43. The molecule has 0 aliphatic carbocycles. The van der Waals surface area contributed by atoms with Crippen molar-refractivity contribution in [2.45, 2.75) is 12.8 Å². The monoisotopic (exact) mass is 367 g/mol. The third kappa shape index (κ3) is 4.64. The maximum Gasteiger partial charge on any atom is 0.132 e. The van der Waals surface area contributed by atoms with E-state index in [2.05, 4.69) is 40.6 Å². The third-order valence-electron chi connectivity index (χ3n) is 3.03. The Labute approximate surface area is 123 Å². The molecule has 1 aliphatic rings. The molecule has 2 rings (SSSR count). The number of benzene rings is 1. The Morgan fingerprint density at radius 2 is 2.18 bits per heavy atom. The maximum atomic E-state index is 5.89. The molecule has 2 nitrogen and oxygen atoms in total. The van der Waals surface area contributed by atoms with Gasteiger partial charge < -0.3 is 9.64 Å². The zero-order chi connectivity index (χ0) is 11.4. The number of hydrogen-bond acceptors (Lipinski definition) is 2. The fourth-order valence-corrected chi connectivity index (χ4v) is 2.72. The highest BCUT2D eigenvalue weighted by Gasteiger charge is 2.17. The van der Waals surface area contributed by atoms with Gasteiger partial charge in [-0.3, -0.25) is 0 Å². The maximum absolute atomic E-state index is 5.89. The Balaban J connectivity index is 0.00000144. The summed E-state index contributed by atoms with van der Waals surface area (Å²) in [6, 6.07) is 8.21. The van der Waals surface area contributed by atoms with Crippen molar-refractivity contribution >= 4 is 35.0 Å². The van der Waals surface area contributed by atoms with Crippen molar-refractivity contribution in [3.63, 3.8) is 0 Å². The Morgan fingerprint density at radius 1 is 1.41 bits per heavy atom. The number of halogens is 2. The van der Waals surface area contributed by atoms with E-state index in [9.17, 15) is 0 Å². The molecule has 0 aromatic heterocycles. The molecule has 1 aliphatic heterocycles. The van der Waals surface area contributed by atoms with Gasteiger partial charge in [0.25, 0.3) is 0 Å². The molecule has 1 aromatic carbocycles. The topological polar surface area (TPSA) is 12.5 Å².